The lowest BCUT2D eigenvalue weighted by molar-refractivity contribution is -0.112. The maximum atomic E-state index is 12.3. The fraction of sp³-hybridized carbons (Fsp3) is 0. The molecule has 1 heterocycles. The van der Waals surface area contributed by atoms with Crippen molar-refractivity contribution in [2.24, 2.45) is 0 Å². The van der Waals surface area contributed by atoms with Crippen LogP contribution in [0, 0.1) is 11.3 Å². The van der Waals surface area contributed by atoms with Crippen LogP contribution in [-0.2, 0) is 4.79 Å². The van der Waals surface area contributed by atoms with Crippen molar-refractivity contribution < 1.29 is 4.79 Å². The SMILES string of the molecule is N#C/C(=C/Nc1cccc2cccnc12)C(=O)Nc1ccccc1Cl. The average Bonchev–Trinajstić information content (AvgIpc) is 2.64. The van der Waals surface area contributed by atoms with Gasteiger partial charge in [-0.2, -0.15) is 5.26 Å². The first-order valence-corrected chi connectivity index (χ1v) is 7.83. The quantitative estimate of drug-likeness (QED) is 0.543. The van der Waals surface area contributed by atoms with E-state index in [0.717, 1.165) is 10.9 Å². The molecule has 2 aromatic carbocycles. The van der Waals surface area contributed by atoms with Crippen molar-refractivity contribution in [2.75, 3.05) is 10.6 Å². The van der Waals surface area contributed by atoms with Crippen LogP contribution in [0.5, 0.6) is 0 Å². The zero-order valence-corrected chi connectivity index (χ0v) is 13.8. The second-order valence-electron chi connectivity index (χ2n) is 5.13. The molecule has 0 radical (unpaired) electrons. The smallest absolute Gasteiger partial charge is 0.267 e. The van der Waals surface area contributed by atoms with Gasteiger partial charge in [-0.05, 0) is 24.3 Å². The van der Waals surface area contributed by atoms with Gasteiger partial charge in [-0.15, -0.1) is 0 Å². The van der Waals surface area contributed by atoms with E-state index in [1.54, 1.807) is 30.5 Å². The molecule has 1 amide bonds. The molecule has 0 spiro atoms. The standard InChI is InChI=1S/C19H13ClN4O/c20-15-7-1-2-8-16(15)24-19(25)14(11-21)12-23-17-9-3-5-13-6-4-10-22-18(13)17/h1-10,12,23H,(H,24,25)/b14-12-. The van der Waals surface area contributed by atoms with Crippen LogP contribution in [-0.4, -0.2) is 10.9 Å². The highest BCUT2D eigenvalue weighted by Gasteiger charge is 2.11. The van der Waals surface area contributed by atoms with Gasteiger partial charge in [0.25, 0.3) is 5.91 Å². The molecule has 0 aliphatic carbocycles. The second kappa shape index (κ2) is 7.47. The number of hydrogen-bond acceptors (Lipinski definition) is 4. The number of hydrogen-bond donors (Lipinski definition) is 2. The van der Waals surface area contributed by atoms with E-state index in [4.69, 9.17) is 11.6 Å². The second-order valence-corrected chi connectivity index (χ2v) is 5.54. The number of nitrogens with one attached hydrogen (secondary N) is 2. The van der Waals surface area contributed by atoms with Crippen molar-refractivity contribution in [3.63, 3.8) is 0 Å². The van der Waals surface area contributed by atoms with Gasteiger partial charge < -0.3 is 10.6 Å². The Morgan fingerprint density at radius 3 is 2.64 bits per heavy atom. The Morgan fingerprint density at radius 1 is 1.08 bits per heavy atom. The number of carbonyl (C=O) groups excluding carboxylic acids is 1. The minimum atomic E-state index is -0.545. The number of amides is 1. The maximum Gasteiger partial charge on any atom is 0.267 e. The number of nitrogens with zero attached hydrogens (tertiary/aromatic N) is 2. The van der Waals surface area contributed by atoms with Gasteiger partial charge in [0, 0.05) is 17.8 Å². The first-order chi connectivity index (χ1) is 12.2. The van der Waals surface area contributed by atoms with Crippen LogP contribution in [0.15, 0.2) is 72.6 Å². The summed E-state index contributed by atoms with van der Waals surface area (Å²) < 4.78 is 0. The fourth-order valence-electron chi connectivity index (χ4n) is 2.27. The van der Waals surface area contributed by atoms with Crippen molar-refractivity contribution in [3.05, 3.63) is 77.6 Å². The largest absolute Gasteiger partial charge is 0.358 e. The normalized spacial score (nSPS) is 11.0. The number of aromatic nitrogens is 1. The van der Waals surface area contributed by atoms with Gasteiger partial charge in [-0.1, -0.05) is 41.9 Å². The van der Waals surface area contributed by atoms with Crippen molar-refractivity contribution in [2.45, 2.75) is 0 Å². The van der Waals surface area contributed by atoms with Crippen LogP contribution < -0.4 is 10.6 Å². The molecule has 0 aliphatic heterocycles. The topological polar surface area (TPSA) is 77.8 Å². The summed E-state index contributed by atoms with van der Waals surface area (Å²) in [5.74, 6) is -0.545. The number of nitriles is 1. The molecule has 0 saturated carbocycles. The Balaban J connectivity index is 1.82. The Hall–Kier alpha value is -3.36. The molecule has 5 nitrogen and oxygen atoms in total. The number of carbonyl (C=O) groups is 1. The molecule has 25 heavy (non-hydrogen) atoms. The van der Waals surface area contributed by atoms with Gasteiger partial charge in [-0.3, -0.25) is 9.78 Å². The monoisotopic (exact) mass is 348 g/mol. The number of anilines is 2. The van der Waals surface area contributed by atoms with Crippen LogP contribution in [0.3, 0.4) is 0 Å². The molecule has 3 aromatic rings. The van der Waals surface area contributed by atoms with Crippen LogP contribution in [0.1, 0.15) is 0 Å². The molecule has 122 valence electrons. The molecular weight excluding hydrogens is 336 g/mol. The van der Waals surface area contributed by atoms with Gasteiger partial charge in [0.15, 0.2) is 0 Å². The third-order valence-corrected chi connectivity index (χ3v) is 3.82. The molecule has 6 heteroatoms. The van der Waals surface area contributed by atoms with E-state index >= 15 is 0 Å². The molecule has 0 fully saturated rings. The Kier molecular flexibility index (Phi) is 4.93. The number of para-hydroxylation sites is 2. The van der Waals surface area contributed by atoms with E-state index in [2.05, 4.69) is 15.6 Å². The summed E-state index contributed by atoms with van der Waals surface area (Å²) in [6.45, 7) is 0. The predicted molar refractivity (Wildman–Crippen MR) is 99.1 cm³/mol. The summed E-state index contributed by atoms with van der Waals surface area (Å²) >= 11 is 6.01. The number of benzene rings is 2. The lowest BCUT2D eigenvalue weighted by Gasteiger charge is -2.08. The number of halogens is 1. The number of pyridine rings is 1. The predicted octanol–water partition coefficient (Wildman–Crippen LogP) is 4.35. The molecule has 0 aliphatic rings. The van der Waals surface area contributed by atoms with E-state index < -0.39 is 5.91 Å². The van der Waals surface area contributed by atoms with Gasteiger partial charge in [0.05, 0.1) is 21.9 Å². The van der Waals surface area contributed by atoms with Gasteiger partial charge in [-0.25, -0.2) is 0 Å². The summed E-state index contributed by atoms with van der Waals surface area (Å²) in [4.78, 5) is 16.6. The van der Waals surface area contributed by atoms with Gasteiger partial charge in [0.2, 0.25) is 0 Å². The summed E-state index contributed by atoms with van der Waals surface area (Å²) in [5.41, 5.74) is 1.83. The minimum Gasteiger partial charge on any atom is -0.358 e. The van der Waals surface area contributed by atoms with Crippen LogP contribution in [0.25, 0.3) is 10.9 Å². The Labute approximate surface area is 149 Å². The van der Waals surface area contributed by atoms with Gasteiger partial charge in [0.1, 0.15) is 11.6 Å². The fourth-order valence-corrected chi connectivity index (χ4v) is 2.45. The molecule has 3 rings (SSSR count). The molecule has 0 unspecified atom stereocenters. The zero-order chi connectivity index (χ0) is 17.6. The summed E-state index contributed by atoms with van der Waals surface area (Å²) in [5, 5.41) is 16.2. The van der Waals surface area contributed by atoms with Crippen LogP contribution in [0.2, 0.25) is 5.02 Å². The van der Waals surface area contributed by atoms with E-state index in [1.807, 2.05) is 36.4 Å². The van der Waals surface area contributed by atoms with Crippen molar-refractivity contribution in [1.82, 2.24) is 4.98 Å². The molecule has 1 aromatic heterocycles. The Bertz CT molecular complexity index is 1000. The van der Waals surface area contributed by atoms with E-state index in [0.29, 0.717) is 16.4 Å². The third kappa shape index (κ3) is 3.77. The molecular formula is C19H13ClN4O. The van der Waals surface area contributed by atoms with E-state index in [-0.39, 0.29) is 5.57 Å². The van der Waals surface area contributed by atoms with Crippen LogP contribution in [0.4, 0.5) is 11.4 Å². The van der Waals surface area contributed by atoms with E-state index in [9.17, 15) is 10.1 Å². The molecule has 0 atom stereocenters. The minimum absolute atomic E-state index is 0.0761. The first-order valence-electron chi connectivity index (χ1n) is 7.45. The third-order valence-electron chi connectivity index (χ3n) is 3.49. The lowest BCUT2D eigenvalue weighted by atomic mass is 10.2. The van der Waals surface area contributed by atoms with Crippen molar-refractivity contribution >= 4 is 39.8 Å². The van der Waals surface area contributed by atoms with Crippen molar-refractivity contribution in [1.29, 1.82) is 5.26 Å². The average molecular weight is 349 g/mol. The lowest BCUT2D eigenvalue weighted by Crippen LogP contribution is -2.14. The highest BCUT2D eigenvalue weighted by Crippen LogP contribution is 2.22. The summed E-state index contributed by atoms with van der Waals surface area (Å²) in [7, 11) is 0. The number of fused-ring (bicyclic) bond motifs is 1. The highest BCUT2D eigenvalue weighted by atomic mass is 35.5. The first kappa shape index (κ1) is 16.5. The van der Waals surface area contributed by atoms with Crippen molar-refractivity contribution in [3.8, 4) is 6.07 Å². The maximum absolute atomic E-state index is 12.3. The summed E-state index contributed by atoms with van der Waals surface area (Å²) in [6.07, 6.45) is 3.04. The van der Waals surface area contributed by atoms with Crippen LogP contribution >= 0.6 is 11.6 Å². The van der Waals surface area contributed by atoms with E-state index in [1.165, 1.54) is 6.20 Å². The Morgan fingerprint density at radius 2 is 1.84 bits per heavy atom. The molecule has 0 saturated heterocycles. The van der Waals surface area contributed by atoms with Gasteiger partial charge >= 0.3 is 0 Å². The molecule has 2 N–H and O–H groups in total. The summed E-state index contributed by atoms with van der Waals surface area (Å²) in [6, 6.07) is 18.1. The highest BCUT2D eigenvalue weighted by molar-refractivity contribution is 6.34. The molecule has 0 bridgehead atoms. The zero-order valence-electron chi connectivity index (χ0n) is 13.0. The number of rotatable bonds is 4.